The van der Waals surface area contributed by atoms with Gasteiger partial charge in [0.15, 0.2) is 5.82 Å². The molecule has 0 saturated carbocycles. The third-order valence-electron chi connectivity index (χ3n) is 4.08. The van der Waals surface area contributed by atoms with Crippen molar-refractivity contribution in [3.63, 3.8) is 0 Å². The maximum Gasteiger partial charge on any atom is 0.416 e. The summed E-state index contributed by atoms with van der Waals surface area (Å²) < 4.78 is 43.2. The zero-order valence-corrected chi connectivity index (χ0v) is 16.5. The molecular weight excluding hydrogens is 407 g/mol. The molecule has 2 aromatic rings. The van der Waals surface area contributed by atoms with Gasteiger partial charge in [0.1, 0.15) is 5.69 Å². The molecule has 0 aliphatic heterocycles. The van der Waals surface area contributed by atoms with Crippen LogP contribution in [-0.4, -0.2) is 34.1 Å². The van der Waals surface area contributed by atoms with Crippen LogP contribution in [0.3, 0.4) is 0 Å². The first-order chi connectivity index (χ1) is 14.1. The molecule has 12 heteroatoms. The molecule has 1 amide bonds. The standard InChI is InChI=1S/C18H22F3N5O4/c1-11(2)17-24-16(30-25-17)4-3-8-23-15(27)7-9-22-13-6-5-12(18(19,20)21)10-14(13)26(28)29/h5-6,10-11,22H,3-4,7-9H2,1-2H3,(H,23,27). The molecule has 0 aliphatic rings. The number of rotatable bonds is 10. The molecule has 9 nitrogen and oxygen atoms in total. The molecule has 0 aliphatic carbocycles. The number of aromatic nitrogens is 2. The zero-order chi connectivity index (χ0) is 22.3. The third-order valence-corrected chi connectivity index (χ3v) is 4.08. The van der Waals surface area contributed by atoms with Crippen molar-refractivity contribution in [3.8, 4) is 0 Å². The SMILES string of the molecule is CC(C)c1noc(CCCNC(=O)CCNc2ccc(C(F)(F)F)cc2[N+](=O)[O-])n1. The van der Waals surface area contributed by atoms with E-state index in [-0.39, 0.29) is 30.5 Å². The lowest BCUT2D eigenvalue weighted by molar-refractivity contribution is -0.384. The lowest BCUT2D eigenvalue weighted by Gasteiger charge is -2.10. The van der Waals surface area contributed by atoms with Crippen LogP contribution >= 0.6 is 0 Å². The summed E-state index contributed by atoms with van der Waals surface area (Å²) in [5.74, 6) is 0.974. The van der Waals surface area contributed by atoms with Crippen LogP contribution in [0.1, 0.15) is 49.9 Å². The van der Waals surface area contributed by atoms with Crippen molar-refractivity contribution < 1.29 is 27.4 Å². The Hall–Kier alpha value is -3.18. The minimum absolute atomic E-state index is 0.00374. The smallest absolute Gasteiger partial charge is 0.379 e. The number of halogens is 3. The molecule has 1 aromatic heterocycles. The highest BCUT2D eigenvalue weighted by atomic mass is 19.4. The quantitative estimate of drug-likeness (QED) is 0.335. The number of anilines is 1. The van der Waals surface area contributed by atoms with E-state index in [0.29, 0.717) is 37.2 Å². The Bertz CT molecular complexity index is 883. The topological polar surface area (TPSA) is 123 Å². The normalized spacial score (nSPS) is 11.5. The Balaban J connectivity index is 1.75. The van der Waals surface area contributed by atoms with E-state index in [4.69, 9.17) is 4.52 Å². The van der Waals surface area contributed by atoms with Gasteiger partial charge < -0.3 is 15.2 Å². The largest absolute Gasteiger partial charge is 0.416 e. The van der Waals surface area contributed by atoms with Gasteiger partial charge in [0, 0.05) is 37.9 Å². The molecule has 1 heterocycles. The van der Waals surface area contributed by atoms with E-state index < -0.39 is 22.4 Å². The van der Waals surface area contributed by atoms with Gasteiger partial charge in [-0.3, -0.25) is 14.9 Å². The van der Waals surface area contributed by atoms with E-state index in [9.17, 15) is 28.1 Å². The van der Waals surface area contributed by atoms with Gasteiger partial charge in [0.25, 0.3) is 5.69 Å². The van der Waals surface area contributed by atoms with Crippen molar-refractivity contribution in [2.75, 3.05) is 18.4 Å². The summed E-state index contributed by atoms with van der Waals surface area (Å²) in [4.78, 5) is 26.2. The van der Waals surface area contributed by atoms with Gasteiger partial charge in [0.05, 0.1) is 10.5 Å². The van der Waals surface area contributed by atoms with Crippen LogP contribution < -0.4 is 10.6 Å². The van der Waals surface area contributed by atoms with Crippen LogP contribution in [0.25, 0.3) is 0 Å². The Morgan fingerprint density at radius 3 is 2.63 bits per heavy atom. The summed E-state index contributed by atoms with van der Waals surface area (Å²) in [5, 5.41) is 20.2. The molecule has 1 aromatic carbocycles. The summed E-state index contributed by atoms with van der Waals surface area (Å²) >= 11 is 0. The molecular formula is C18H22F3N5O4. The second-order valence-corrected chi connectivity index (χ2v) is 6.82. The molecule has 2 N–H and O–H groups in total. The first-order valence-electron chi connectivity index (χ1n) is 9.26. The van der Waals surface area contributed by atoms with Crippen LogP contribution in [0.2, 0.25) is 0 Å². The van der Waals surface area contributed by atoms with Gasteiger partial charge in [-0.25, -0.2) is 0 Å². The number of carbonyl (C=O) groups excluding carboxylic acids is 1. The highest BCUT2D eigenvalue weighted by molar-refractivity contribution is 5.76. The van der Waals surface area contributed by atoms with E-state index in [1.165, 1.54) is 0 Å². The molecule has 0 unspecified atom stereocenters. The predicted molar refractivity (Wildman–Crippen MR) is 101 cm³/mol. The first-order valence-corrected chi connectivity index (χ1v) is 9.26. The van der Waals surface area contributed by atoms with Gasteiger partial charge in [-0.05, 0) is 18.6 Å². The fourth-order valence-electron chi connectivity index (χ4n) is 2.48. The summed E-state index contributed by atoms with van der Waals surface area (Å²) in [7, 11) is 0. The van der Waals surface area contributed by atoms with Crippen LogP contribution in [0, 0.1) is 10.1 Å². The fourth-order valence-corrected chi connectivity index (χ4v) is 2.48. The Morgan fingerprint density at radius 1 is 1.30 bits per heavy atom. The summed E-state index contributed by atoms with van der Waals surface area (Å²) in [6.45, 7) is 4.29. The van der Waals surface area contributed by atoms with Gasteiger partial charge in [-0.15, -0.1) is 0 Å². The average molecular weight is 429 g/mol. The number of nitro benzene ring substituents is 1. The van der Waals surface area contributed by atoms with E-state index in [0.717, 1.165) is 12.1 Å². The maximum atomic E-state index is 12.7. The van der Waals surface area contributed by atoms with E-state index >= 15 is 0 Å². The van der Waals surface area contributed by atoms with Crippen molar-refractivity contribution in [1.82, 2.24) is 15.5 Å². The van der Waals surface area contributed by atoms with E-state index in [2.05, 4.69) is 20.8 Å². The fraction of sp³-hybridized carbons (Fsp3) is 0.500. The summed E-state index contributed by atoms with van der Waals surface area (Å²) in [6.07, 6.45) is -3.59. The minimum atomic E-state index is -4.68. The number of hydrogen-bond acceptors (Lipinski definition) is 7. The molecule has 2 rings (SSSR count). The lowest BCUT2D eigenvalue weighted by atomic mass is 10.1. The lowest BCUT2D eigenvalue weighted by Crippen LogP contribution is -2.26. The van der Waals surface area contributed by atoms with Gasteiger partial charge >= 0.3 is 6.18 Å². The van der Waals surface area contributed by atoms with Crippen LogP contribution in [0.5, 0.6) is 0 Å². The number of alkyl halides is 3. The number of nitrogens with zero attached hydrogens (tertiary/aromatic N) is 3. The molecule has 0 radical (unpaired) electrons. The number of benzene rings is 1. The van der Waals surface area contributed by atoms with Crippen LogP contribution in [-0.2, 0) is 17.4 Å². The zero-order valence-electron chi connectivity index (χ0n) is 16.5. The van der Waals surface area contributed by atoms with Crippen molar-refractivity contribution in [1.29, 1.82) is 0 Å². The number of hydrogen-bond donors (Lipinski definition) is 2. The maximum absolute atomic E-state index is 12.7. The first kappa shape index (κ1) is 23.1. The second kappa shape index (κ2) is 10.0. The number of aryl methyl sites for hydroxylation is 1. The Morgan fingerprint density at radius 2 is 2.03 bits per heavy atom. The van der Waals surface area contributed by atoms with Crippen molar-refractivity contribution in [3.05, 3.63) is 45.6 Å². The average Bonchev–Trinajstić information content (AvgIpc) is 3.14. The Kier molecular flexibility index (Phi) is 7.72. The second-order valence-electron chi connectivity index (χ2n) is 6.82. The molecule has 0 bridgehead atoms. The third kappa shape index (κ3) is 6.71. The Labute approximate surface area is 170 Å². The number of amides is 1. The molecule has 30 heavy (non-hydrogen) atoms. The molecule has 0 atom stereocenters. The van der Waals surface area contributed by atoms with Crippen molar-refractivity contribution in [2.45, 2.75) is 45.2 Å². The summed E-state index contributed by atoms with van der Waals surface area (Å²) in [6, 6.07) is 2.19. The molecule has 164 valence electrons. The van der Waals surface area contributed by atoms with E-state index in [1.807, 2.05) is 13.8 Å². The van der Waals surface area contributed by atoms with Crippen molar-refractivity contribution in [2.24, 2.45) is 0 Å². The van der Waals surface area contributed by atoms with E-state index in [1.54, 1.807) is 0 Å². The van der Waals surface area contributed by atoms with Gasteiger partial charge in [-0.2, -0.15) is 18.2 Å². The molecule has 0 saturated heterocycles. The number of nitrogens with one attached hydrogen (secondary N) is 2. The minimum Gasteiger partial charge on any atom is -0.379 e. The van der Waals surface area contributed by atoms with Gasteiger partial charge in [0.2, 0.25) is 11.8 Å². The number of carbonyl (C=O) groups is 1. The molecule has 0 spiro atoms. The predicted octanol–water partition coefficient (Wildman–Crippen LogP) is 3.67. The highest BCUT2D eigenvalue weighted by Gasteiger charge is 2.33. The monoisotopic (exact) mass is 429 g/mol. The van der Waals surface area contributed by atoms with Crippen molar-refractivity contribution >= 4 is 17.3 Å². The summed E-state index contributed by atoms with van der Waals surface area (Å²) in [5.41, 5.74) is -1.90. The highest BCUT2D eigenvalue weighted by Crippen LogP contribution is 2.34. The molecule has 0 fully saturated rings. The van der Waals surface area contributed by atoms with Gasteiger partial charge in [-0.1, -0.05) is 19.0 Å². The van der Waals surface area contributed by atoms with Crippen LogP contribution in [0.4, 0.5) is 24.5 Å². The van der Waals surface area contributed by atoms with Crippen LogP contribution in [0.15, 0.2) is 22.7 Å². The number of nitro groups is 1.